The Morgan fingerprint density at radius 3 is 2.74 bits per heavy atom. The number of aromatic nitrogens is 4. The first kappa shape index (κ1) is 12.2. The van der Waals surface area contributed by atoms with Crippen LogP contribution in [-0.4, -0.2) is 19.6 Å². The van der Waals surface area contributed by atoms with Crippen LogP contribution in [0.1, 0.15) is 16.8 Å². The maximum Gasteiger partial charge on any atom is 0.253 e. The highest BCUT2D eigenvalue weighted by atomic mass is 32.2. The number of benzene rings is 1. The van der Waals surface area contributed by atoms with E-state index in [1.54, 1.807) is 16.3 Å². The number of hydrogen-bond donors (Lipinski definition) is 0. The summed E-state index contributed by atoms with van der Waals surface area (Å²) >= 11 is 1.69. The van der Waals surface area contributed by atoms with Gasteiger partial charge >= 0.3 is 0 Å². The fourth-order valence-corrected chi connectivity index (χ4v) is 3.02. The van der Waals surface area contributed by atoms with Gasteiger partial charge in [-0.15, -0.1) is 0 Å². The van der Waals surface area contributed by atoms with E-state index in [0.717, 1.165) is 10.7 Å². The maximum atomic E-state index is 4.35. The molecule has 0 amide bonds. The lowest BCUT2D eigenvalue weighted by Crippen LogP contribution is -1.97. The summed E-state index contributed by atoms with van der Waals surface area (Å²) in [6, 6.07) is 8.50. The Morgan fingerprint density at radius 1 is 1.11 bits per heavy atom. The molecule has 19 heavy (non-hydrogen) atoms. The van der Waals surface area contributed by atoms with E-state index in [9.17, 15) is 0 Å². The lowest BCUT2D eigenvalue weighted by Gasteiger charge is -2.08. The van der Waals surface area contributed by atoms with Gasteiger partial charge in [0.05, 0.1) is 0 Å². The molecule has 0 aliphatic carbocycles. The zero-order chi connectivity index (χ0) is 13.4. The van der Waals surface area contributed by atoms with Gasteiger partial charge in [-0.05, 0) is 38.5 Å². The molecular formula is C14H14N4S. The molecule has 3 aromatic rings. The van der Waals surface area contributed by atoms with Gasteiger partial charge in [0, 0.05) is 10.6 Å². The van der Waals surface area contributed by atoms with Crippen molar-refractivity contribution in [3.63, 3.8) is 0 Å². The second kappa shape index (κ2) is 4.66. The summed E-state index contributed by atoms with van der Waals surface area (Å²) in [5.41, 5.74) is 3.50. The first-order chi connectivity index (χ1) is 9.13. The fraction of sp³-hybridized carbons (Fsp3) is 0.214. The van der Waals surface area contributed by atoms with E-state index in [-0.39, 0.29) is 0 Å². The quantitative estimate of drug-likeness (QED) is 0.671. The van der Waals surface area contributed by atoms with Crippen LogP contribution in [0.2, 0.25) is 0 Å². The van der Waals surface area contributed by atoms with E-state index in [1.165, 1.54) is 22.3 Å². The summed E-state index contributed by atoms with van der Waals surface area (Å²) in [7, 11) is 0. The predicted octanol–water partition coefficient (Wildman–Crippen LogP) is 3.20. The van der Waals surface area contributed by atoms with Gasteiger partial charge < -0.3 is 0 Å². The van der Waals surface area contributed by atoms with Crippen LogP contribution < -0.4 is 0 Å². The van der Waals surface area contributed by atoms with Gasteiger partial charge in [-0.25, -0.2) is 4.98 Å². The highest BCUT2D eigenvalue weighted by molar-refractivity contribution is 7.99. The molecule has 3 rings (SSSR count). The van der Waals surface area contributed by atoms with E-state index in [0.29, 0.717) is 5.78 Å². The van der Waals surface area contributed by atoms with Crippen molar-refractivity contribution in [1.82, 2.24) is 19.6 Å². The van der Waals surface area contributed by atoms with Gasteiger partial charge in [0.1, 0.15) is 11.4 Å². The molecule has 0 bridgehead atoms. The largest absolute Gasteiger partial charge is 0.253 e. The number of rotatable bonds is 2. The highest BCUT2D eigenvalue weighted by Crippen LogP contribution is 2.30. The van der Waals surface area contributed by atoms with Crippen molar-refractivity contribution in [1.29, 1.82) is 0 Å². The predicted molar refractivity (Wildman–Crippen MR) is 75.6 cm³/mol. The van der Waals surface area contributed by atoms with Crippen molar-refractivity contribution in [2.75, 3.05) is 0 Å². The zero-order valence-corrected chi connectivity index (χ0v) is 11.9. The molecule has 0 fully saturated rings. The first-order valence-corrected chi connectivity index (χ1v) is 6.87. The highest BCUT2D eigenvalue weighted by Gasteiger charge is 2.08. The molecule has 0 N–H and O–H groups in total. The molecule has 2 heterocycles. The van der Waals surface area contributed by atoms with Crippen molar-refractivity contribution in [3.8, 4) is 0 Å². The molecule has 0 atom stereocenters. The Balaban J connectivity index is 2.07. The van der Waals surface area contributed by atoms with Gasteiger partial charge in [0.15, 0.2) is 0 Å². The molecule has 0 aliphatic rings. The zero-order valence-electron chi connectivity index (χ0n) is 11.1. The van der Waals surface area contributed by atoms with E-state index in [4.69, 9.17) is 0 Å². The van der Waals surface area contributed by atoms with Crippen LogP contribution in [0.5, 0.6) is 0 Å². The van der Waals surface area contributed by atoms with Gasteiger partial charge in [0.25, 0.3) is 5.78 Å². The fourth-order valence-electron chi connectivity index (χ4n) is 2.00. The summed E-state index contributed by atoms with van der Waals surface area (Å²) < 4.78 is 1.77. The van der Waals surface area contributed by atoms with Crippen LogP contribution >= 0.6 is 11.8 Å². The molecule has 0 saturated heterocycles. The van der Waals surface area contributed by atoms with Crippen LogP contribution in [-0.2, 0) is 0 Å². The smallest absolute Gasteiger partial charge is 0.216 e. The third-order valence-electron chi connectivity index (χ3n) is 2.89. The minimum absolute atomic E-state index is 0.646. The van der Waals surface area contributed by atoms with Gasteiger partial charge in [0.2, 0.25) is 0 Å². The second-order valence-corrected chi connectivity index (χ2v) is 5.64. The summed E-state index contributed by atoms with van der Waals surface area (Å²) in [5.74, 6) is 0.646. The number of fused-ring (bicyclic) bond motifs is 1. The van der Waals surface area contributed by atoms with Crippen molar-refractivity contribution in [2.24, 2.45) is 0 Å². The second-order valence-electron chi connectivity index (χ2n) is 4.58. The lowest BCUT2D eigenvalue weighted by molar-refractivity contribution is 0.833. The molecule has 0 spiro atoms. The van der Waals surface area contributed by atoms with E-state index >= 15 is 0 Å². The number of hydrogen-bond acceptors (Lipinski definition) is 4. The van der Waals surface area contributed by atoms with E-state index in [2.05, 4.69) is 47.1 Å². The lowest BCUT2D eigenvalue weighted by atomic mass is 10.2. The normalized spacial score (nSPS) is 11.1. The summed E-state index contributed by atoms with van der Waals surface area (Å²) in [5, 5.41) is 5.26. The molecule has 0 radical (unpaired) electrons. The standard InChI is InChI=1S/C14H14N4S/c1-9-4-5-12(10(2)6-9)19-13-7-11(3)17-14-15-8-16-18(13)14/h4-8H,1-3H3. The molecule has 96 valence electrons. The SMILES string of the molecule is Cc1ccc(Sc2cc(C)nc3ncnn23)c(C)c1. The molecule has 0 unspecified atom stereocenters. The van der Waals surface area contributed by atoms with Crippen LogP contribution in [0.15, 0.2) is 40.5 Å². The summed E-state index contributed by atoms with van der Waals surface area (Å²) in [4.78, 5) is 9.73. The van der Waals surface area contributed by atoms with E-state index in [1.807, 2.05) is 13.0 Å². The number of aryl methyl sites for hydroxylation is 3. The first-order valence-electron chi connectivity index (χ1n) is 6.06. The molecule has 4 nitrogen and oxygen atoms in total. The Bertz CT molecular complexity index is 748. The third kappa shape index (κ3) is 2.33. The average Bonchev–Trinajstić information content (AvgIpc) is 2.80. The molecule has 2 aromatic heterocycles. The van der Waals surface area contributed by atoms with Crippen molar-refractivity contribution in [3.05, 3.63) is 47.4 Å². The summed E-state index contributed by atoms with van der Waals surface area (Å²) in [6.45, 7) is 6.20. The maximum absolute atomic E-state index is 4.35. The topological polar surface area (TPSA) is 43.1 Å². The molecule has 0 aliphatic heterocycles. The van der Waals surface area contributed by atoms with Gasteiger partial charge in [-0.1, -0.05) is 29.5 Å². The third-order valence-corrected chi connectivity index (χ3v) is 4.07. The Morgan fingerprint density at radius 2 is 1.95 bits per heavy atom. The van der Waals surface area contributed by atoms with Crippen molar-refractivity contribution >= 4 is 17.5 Å². The van der Waals surface area contributed by atoms with Gasteiger partial charge in [-0.3, -0.25) is 0 Å². The molecule has 1 aromatic carbocycles. The number of nitrogens with zero attached hydrogens (tertiary/aromatic N) is 4. The van der Waals surface area contributed by atoms with Crippen molar-refractivity contribution in [2.45, 2.75) is 30.7 Å². The molecular weight excluding hydrogens is 256 g/mol. The Labute approximate surface area is 115 Å². The monoisotopic (exact) mass is 270 g/mol. The van der Waals surface area contributed by atoms with Crippen LogP contribution in [0.3, 0.4) is 0 Å². The van der Waals surface area contributed by atoms with Crippen LogP contribution in [0.25, 0.3) is 5.78 Å². The average molecular weight is 270 g/mol. The molecule has 5 heteroatoms. The van der Waals surface area contributed by atoms with Crippen molar-refractivity contribution < 1.29 is 0 Å². The van der Waals surface area contributed by atoms with Crippen LogP contribution in [0.4, 0.5) is 0 Å². The summed E-state index contributed by atoms with van der Waals surface area (Å²) in [6.07, 6.45) is 1.54. The Hall–Kier alpha value is -1.88. The van der Waals surface area contributed by atoms with E-state index < -0.39 is 0 Å². The van der Waals surface area contributed by atoms with Crippen LogP contribution in [0, 0.1) is 20.8 Å². The minimum Gasteiger partial charge on any atom is -0.216 e. The molecule has 0 saturated carbocycles. The minimum atomic E-state index is 0.646. The Kier molecular flexibility index (Phi) is 2.98. The van der Waals surface area contributed by atoms with Gasteiger partial charge in [-0.2, -0.15) is 14.6 Å².